The van der Waals surface area contributed by atoms with Crippen LogP contribution in [0.5, 0.6) is 0 Å². The zero-order valence-electron chi connectivity index (χ0n) is 74.4. The molecular formula is C92H173O25P. The summed E-state index contributed by atoms with van der Waals surface area (Å²) in [4.78, 5) is 66.5. The van der Waals surface area contributed by atoms with E-state index in [-0.39, 0.29) is 25.7 Å². The van der Waals surface area contributed by atoms with Gasteiger partial charge in [0.15, 0.2) is 24.8 Å². The predicted molar refractivity (Wildman–Crippen MR) is 458 cm³/mol. The van der Waals surface area contributed by atoms with Crippen molar-refractivity contribution in [1.29, 1.82) is 0 Å². The molecule has 0 spiro atoms. The van der Waals surface area contributed by atoms with Crippen molar-refractivity contribution >= 4 is 31.7 Å². The van der Waals surface area contributed by atoms with Gasteiger partial charge in [0.2, 0.25) is 0 Å². The van der Waals surface area contributed by atoms with Gasteiger partial charge in [-0.3, -0.25) is 28.2 Å². The van der Waals surface area contributed by atoms with E-state index in [0.717, 1.165) is 128 Å². The van der Waals surface area contributed by atoms with E-state index in [1.807, 2.05) is 0 Å². The Balaban J connectivity index is 1.91. The second-order valence-corrected chi connectivity index (χ2v) is 36.3. The lowest BCUT2D eigenvalue weighted by molar-refractivity contribution is -0.360. The van der Waals surface area contributed by atoms with Crippen LogP contribution in [0.3, 0.4) is 0 Å². The van der Waals surface area contributed by atoms with Crippen molar-refractivity contribution in [2.75, 3.05) is 26.4 Å². The Morgan fingerprint density at radius 1 is 0.331 bits per heavy atom. The molecule has 25 nitrogen and oxygen atoms in total. The molecule has 2 saturated heterocycles. The molecule has 3 rings (SSSR count). The lowest BCUT2D eigenvalue weighted by Gasteiger charge is -2.50. The van der Waals surface area contributed by atoms with Crippen LogP contribution in [0.25, 0.3) is 0 Å². The topological polar surface area (TPSA) is 380 Å². The summed E-state index contributed by atoms with van der Waals surface area (Å²) >= 11 is 0. The number of carbonyl (C=O) groups excluding carboxylic acids is 4. The van der Waals surface area contributed by atoms with E-state index in [2.05, 4.69) is 34.6 Å². The molecule has 0 aromatic rings. The number of unbranched alkanes of at least 4 members (excludes halogenated alkanes) is 50. The number of carbonyl (C=O) groups is 4. The van der Waals surface area contributed by atoms with Crippen molar-refractivity contribution in [3.8, 4) is 0 Å². The normalized spacial score (nSPS) is 25.1. The maximum absolute atomic E-state index is 14.9. The lowest BCUT2D eigenvalue weighted by Crippen LogP contribution is -2.70. The van der Waals surface area contributed by atoms with Crippen LogP contribution in [-0.4, -0.2) is 205 Å². The minimum Gasteiger partial charge on any atom is -0.463 e. The van der Waals surface area contributed by atoms with E-state index in [1.54, 1.807) is 0 Å². The fraction of sp³-hybridized carbons (Fsp3) is 0.957. The molecular weight excluding hydrogens is 1540 g/mol. The Labute approximate surface area is 712 Å². The Bertz CT molecular complexity index is 2470. The van der Waals surface area contributed by atoms with Gasteiger partial charge in [-0.15, -0.1) is 0 Å². The number of phosphoric ester groups is 1. The molecule has 0 aromatic heterocycles. The summed E-state index contributed by atoms with van der Waals surface area (Å²) in [5.74, 6) is -2.25. The zero-order valence-corrected chi connectivity index (χ0v) is 75.3. The van der Waals surface area contributed by atoms with Crippen LogP contribution >= 0.6 is 7.82 Å². The van der Waals surface area contributed by atoms with E-state index in [4.69, 9.17) is 46.9 Å². The number of esters is 4. The Morgan fingerprint density at radius 2 is 0.636 bits per heavy atom. The summed E-state index contributed by atoms with van der Waals surface area (Å²) in [7, 11) is -5.80. The maximum Gasteiger partial charge on any atom is 0.472 e. The molecule has 10 N–H and O–H groups in total. The summed E-state index contributed by atoms with van der Waals surface area (Å²) in [6, 6.07) is 0. The van der Waals surface area contributed by atoms with Gasteiger partial charge in [0, 0.05) is 25.7 Å². The van der Waals surface area contributed by atoms with Crippen LogP contribution in [0, 0.1) is 5.92 Å². The average molecular weight is 1710 g/mol. The van der Waals surface area contributed by atoms with Crippen molar-refractivity contribution in [1.82, 2.24) is 0 Å². The monoisotopic (exact) mass is 1710 g/mol. The molecule has 696 valence electrons. The molecule has 1 aliphatic carbocycles. The second-order valence-electron chi connectivity index (χ2n) is 34.9. The highest BCUT2D eigenvalue weighted by Crippen LogP contribution is 2.49. The largest absolute Gasteiger partial charge is 0.472 e. The van der Waals surface area contributed by atoms with Gasteiger partial charge in [-0.25, -0.2) is 4.57 Å². The molecule has 0 radical (unpaired) electrons. The fourth-order valence-corrected chi connectivity index (χ4v) is 17.2. The van der Waals surface area contributed by atoms with Crippen LogP contribution in [0.4, 0.5) is 0 Å². The summed E-state index contributed by atoms with van der Waals surface area (Å²) < 4.78 is 73.5. The van der Waals surface area contributed by atoms with Gasteiger partial charge in [0.25, 0.3) is 0 Å². The smallest absolute Gasteiger partial charge is 0.463 e. The van der Waals surface area contributed by atoms with Crippen LogP contribution in [0.1, 0.15) is 426 Å². The number of hydrogen-bond donors (Lipinski definition) is 10. The Morgan fingerprint density at radius 3 is 1.01 bits per heavy atom. The molecule has 0 aromatic carbocycles. The first-order chi connectivity index (χ1) is 57.1. The Hall–Kier alpha value is -2.53. The van der Waals surface area contributed by atoms with Crippen LogP contribution < -0.4 is 0 Å². The first kappa shape index (κ1) is 110. The molecule has 0 bridgehead atoms. The first-order valence-corrected chi connectivity index (χ1v) is 49.7. The van der Waals surface area contributed by atoms with Gasteiger partial charge in [0.05, 0.1) is 13.2 Å². The van der Waals surface area contributed by atoms with Crippen LogP contribution in [0.15, 0.2) is 0 Å². The van der Waals surface area contributed by atoms with E-state index in [1.165, 1.54) is 205 Å². The highest BCUT2D eigenvalue weighted by atomic mass is 31.2. The summed E-state index contributed by atoms with van der Waals surface area (Å²) in [5.41, 5.74) is 0. The Kier molecular flexibility index (Phi) is 65.6. The van der Waals surface area contributed by atoms with Crippen LogP contribution in [-0.2, 0) is 70.7 Å². The number of rotatable bonds is 78. The highest BCUT2D eigenvalue weighted by molar-refractivity contribution is 7.47. The third-order valence-electron chi connectivity index (χ3n) is 24.0. The predicted octanol–water partition coefficient (Wildman–Crippen LogP) is 18.0. The molecule has 19 atom stereocenters. The molecule has 2 aliphatic heterocycles. The molecule has 3 aliphatic rings. The zero-order chi connectivity index (χ0) is 86.2. The molecule has 0 amide bonds. The van der Waals surface area contributed by atoms with Gasteiger partial charge in [-0.05, 0) is 31.6 Å². The van der Waals surface area contributed by atoms with Crippen molar-refractivity contribution in [3.05, 3.63) is 0 Å². The van der Waals surface area contributed by atoms with Crippen molar-refractivity contribution in [3.63, 3.8) is 0 Å². The van der Waals surface area contributed by atoms with Gasteiger partial charge in [-0.1, -0.05) is 375 Å². The van der Waals surface area contributed by atoms with E-state index < -0.39 is 162 Å². The number of phosphoric acid groups is 1. The van der Waals surface area contributed by atoms with Gasteiger partial charge < -0.3 is 88.7 Å². The first-order valence-electron chi connectivity index (χ1n) is 48.2. The molecule has 3 fully saturated rings. The number of aliphatic hydroxyl groups excluding tert-OH is 9. The number of hydrogen-bond acceptors (Lipinski definition) is 24. The van der Waals surface area contributed by atoms with Crippen LogP contribution in [0.2, 0.25) is 0 Å². The molecule has 26 heteroatoms. The third kappa shape index (κ3) is 50.6. The standard InChI is InChI=1S/C92H173O25P/c1-6-10-14-18-22-25-28-31-33-36-38-41-44-51-58-64-76(95)109-70-74-80(99)82(101)86(105)92(113-74)116-89-87(114-78(97)66-60-54-46-43-40-37-34-32-29-26-23-19-15-11-7-2)83(102)84(103)88(115-91-85(104)81(100)79(98)73(67-93)112-91)90(89)117-118(106,107)110-69-72(111-77(96)65-59-53-45-42-39-35-30-27-24-20-16-12-8-3)68-108-75(94)63-57-52-48-47-50-56-62-71(5)61-55-49-21-17-13-9-4/h71-74,79-93,98-105H,6-70H2,1-5H3,(H,106,107). The molecule has 118 heavy (non-hydrogen) atoms. The van der Waals surface area contributed by atoms with E-state index in [0.29, 0.717) is 38.0 Å². The fourth-order valence-electron chi connectivity index (χ4n) is 16.3. The van der Waals surface area contributed by atoms with Gasteiger partial charge >= 0.3 is 31.7 Å². The van der Waals surface area contributed by atoms with E-state index >= 15 is 0 Å². The summed E-state index contributed by atoms with van der Waals surface area (Å²) in [6.45, 7) is 7.97. The summed E-state index contributed by atoms with van der Waals surface area (Å²) in [6.07, 6.45) is 26.6. The third-order valence-corrected chi connectivity index (χ3v) is 25.0. The minimum atomic E-state index is -5.80. The molecule has 2 heterocycles. The minimum absolute atomic E-state index is 0.0199. The van der Waals surface area contributed by atoms with Crippen molar-refractivity contribution in [2.45, 2.75) is 530 Å². The summed E-state index contributed by atoms with van der Waals surface area (Å²) in [5, 5.41) is 102. The van der Waals surface area contributed by atoms with Crippen molar-refractivity contribution in [2.24, 2.45) is 5.92 Å². The van der Waals surface area contributed by atoms with Gasteiger partial charge in [0.1, 0.15) is 92.6 Å². The number of ether oxygens (including phenoxy) is 8. The molecule has 1 saturated carbocycles. The second kappa shape index (κ2) is 70.6. The van der Waals surface area contributed by atoms with Crippen molar-refractivity contribution < 1.29 is 122 Å². The lowest BCUT2D eigenvalue weighted by atomic mass is 9.84. The molecule has 19 unspecified atom stereocenters. The van der Waals surface area contributed by atoms with E-state index in [9.17, 15) is 74.6 Å². The number of aliphatic hydroxyl groups is 9. The SMILES string of the molecule is CCCCCCCCCCCCCCCCCC(=O)OCC1OC(OC2C(OC(=O)CCCCCCCCCCCCCCCCC)C(O)C(O)C(OC3OC(CO)C(O)C(O)C3O)C2OP(=O)(O)OCC(COC(=O)CCCCCCCCC(C)CCCCCCCC)OC(=O)CCCCCCCCCCCCCCC)C(O)C(O)C1O. The quantitative estimate of drug-likeness (QED) is 0.0117. The average Bonchev–Trinajstić information content (AvgIpc) is 0.754. The maximum atomic E-state index is 14.9. The van der Waals surface area contributed by atoms with Gasteiger partial charge in [-0.2, -0.15) is 0 Å². The highest BCUT2D eigenvalue weighted by Gasteiger charge is 2.60.